The van der Waals surface area contributed by atoms with Crippen LogP contribution in [0, 0.1) is 5.92 Å². The molecule has 2 fully saturated rings. The highest BCUT2D eigenvalue weighted by Gasteiger charge is 2.34. The normalized spacial score (nSPS) is 26.9. The maximum atomic E-state index is 12.3. The maximum Gasteiger partial charge on any atom is 0.285 e. The average molecular weight is 349 g/mol. The van der Waals surface area contributed by atoms with E-state index in [0.717, 1.165) is 57.9 Å². The van der Waals surface area contributed by atoms with E-state index in [9.17, 15) is 8.42 Å². The van der Waals surface area contributed by atoms with Crippen LogP contribution in [0.5, 0.6) is 0 Å². The summed E-state index contributed by atoms with van der Waals surface area (Å²) in [6, 6.07) is 7.15. The monoisotopic (exact) mass is 349 g/mol. The van der Waals surface area contributed by atoms with Gasteiger partial charge in [-0.1, -0.05) is 12.1 Å². The molecule has 0 aromatic heterocycles. The van der Waals surface area contributed by atoms with Gasteiger partial charge in [-0.15, -0.1) is 4.40 Å². The summed E-state index contributed by atoms with van der Waals surface area (Å²) >= 11 is 0. The molecule has 0 spiro atoms. The minimum Gasteiger partial charge on any atom is -0.379 e. The molecule has 6 nitrogen and oxygen atoms in total. The quantitative estimate of drug-likeness (QED) is 0.802. The van der Waals surface area contributed by atoms with Gasteiger partial charge in [-0.25, -0.2) is 0 Å². The standard InChI is InChI=1S/C17H23N3O3S/c21-24(22)16-6-2-1-5-15(16)17(18-24)20-7-3-4-14(13-20)12-19-8-10-23-11-9-19/h1-2,5-6,14H,3-4,7-13H2. The Bertz CT molecular complexity index is 741. The molecule has 0 aliphatic carbocycles. The minimum absolute atomic E-state index is 0.343. The zero-order valence-electron chi connectivity index (χ0n) is 13.7. The summed E-state index contributed by atoms with van der Waals surface area (Å²) < 4.78 is 34.0. The van der Waals surface area contributed by atoms with Crippen LogP contribution in [0.4, 0.5) is 0 Å². The van der Waals surface area contributed by atoms with Crippen molar-refractivity contribution in [3.63, 3.8) is 0 Å². The van der Waals surface area contributed by atoms with Crippen LogP contribution < -0.4 is 0 Å². The van der Waals surface area contributed by atoms with Crippen LogP contribution in [0.2, 0.25) is 0 Å². The number of ether oxygens (including phenoxy) is 1. The van der Waals surface area contributed by atoms with Gasteiger partial charge < -0.3 is 9.64 Å². The lowest BCUT2D eigenvalue weighted by Crippen LogP contribution is -2.46. The van der Waals surface area contributed by atoms with E-state index in [1.165, 1.54) is 6.42 Å². The first kappa shape index (κ1) is 16.1. The van der Waals surface area contributed by atoms with Gasteiger partial charge in [0.15, 0.2) is 5.84 Å². The van der Waals surface area contributed by atoms with Gasteiger partial charge in [0, 0.05) is 38.3 Å². The van der Waals surface area contributed by atoms with E-state index in [1.54, 1.807) is 12.1 Å². The summed E-state index contributed by atoms with van der Waals surface area (Å²) in [5.74, 6) is 1.19. The van der Waals surface area contributed by atoms with E-state index in [-0.39, 0.29) is 0 Å². The fourth-order valence-corrected chi connectivity index (χ4v) is 5.10. The molecule has 1 atom stereocenters. The zero-order valence-corrected chi connectivity index (χ0v) is 14.5. The molecule has 1 aromatic carbocycles. The molecule has 130 valence electrons. The van der Waals surface area contributed by atoms with E-state index in [0.29, 0.717) is 16.6 Å². The first-order chi connectivity index (χ1) is 11.6. The Hall–Kier alpha value is -1.44. The van der Waals surface area contributed by atoms with Crippen molar-refractivity contribution in [1.82, 2.24) is 9.80 Å². The largest absolute Gasteiger partial charge is 0.379 e. The van der Waals surface area contributed by atoms with Gasteiger partial charge in [-0.05, 0) is 30.9 Å². The van der Waals surface area contributed by atoms with Crippen LogP contribution in [-0.2, 0) is 14.8 Å². The van der Waals surface area contributed by atoms with E-state index in [4.69, 9.17) is 4.74 Å². The first-order valence-corrected chi connectivity index (χ1v) is 10.1. The predicted octanol–water partition coefficient (Wildman–Crippen LogP) is 1.18. The Morgan fingerprint density at radius 3 is 2.79 bits per heavy atom. The summed E-state index contributed by atoms with van der Waals surface area (Å²) in [5, 5.41) is 0. The topological polar surface area (TPSA) is 62.2 Å². The second-order valence-corrected chi connectivity index (χ2v) is 8.33. The van der Waals surface area contributed by atoms with Crippen molar-refractivity contribution in [2.24, 2.45) is 10.3 Å². The number of nitrogens with zero attached hydrogens (tertiary/aromatic N) is 3. The molecule has 0 N–H and O–H groups in total. The summed E-state index contributed by atoms with van der Waals surface area (Å²) in [5.41, 5.74) is 0.754. The van der Waals surface area contributed by atoms with Crippen molar-refractivity contribution in [2.75, 3.05) is 45.9 Å². The maximum absolute atomic E-state index is 12.3. The highest BCUT2D eigenvalue weighted by molar-refractivity contribution is 7.90. The van der Waals surface area contributed by atoms with Gasteiger partial charge in [-0.2, -0.15) is 8.42 Å². The number of hydrogen-bond acceptors (Lipinski definition) is 5. The highest BCUT2D eigenvalue weighted by Crippen LogP contribution is 2.29. The number of rotatable bonds is 2. The van der Waals surface area contributed by atoms with E-state index >= 15 is 0 Å². The molecule has 2 saturated heterocycles. The molecular weight excluding hydrogens is 326 g/mol. The molecule has 3 heterocycles. The smallest absolute Gasteiger partial charge is 0.285 e. The number of fused-ring (bicyclic) bond motifs is 1. The Kier molecular flexibility index (Phi) is 4.32. The van der Waals surface area contributed by atoms with Crippen LogP contribution in [0.1, 0.15) is 18.4 Å². The summed E-state index contributed by atoms with van der Waals surface area (Å²) in [6.07, 6.45) is 2.27. The van der Waals surface area contributed by atoms with Crippen molar-refractivity contribution in [3.05, 3.63) is 29.8 Å². The minimum atomic E-state index is -3.53. The van der Waals surface area contributed by atoms with Gasteiger partial charge in [0.2, 0.25) is 0 Å². The third kappa shape index (κ3) is 3.08. The van der Waals surface area contributed by atoms with Crippen molar-refractivity contribution in [2.45, 2.75) is 17.7 Å². The lowest BCUT2D eigenvalue weighted by atomic mass is 9.96. The van der Waals surface area contributed by atoms with E-state index in [1.807, 2.05) is 12.1 Å². The lowest BCUT2D eigenvalue weighted by molar-refractivity contribution is 0.0261. The van der Waals surface area contributed by atoms with E-state index < -0.39 is 10.0 Å². The molecule has 3 aliphatic rings. The average Bonchev–Trinajstić information content (AvgIpc) is 2.88. The van der Waals surface area contributed by atoms with Gasteiger partial charge in [0.1, 0.15) is 4.90 Å². The second-order valence-electron chi connectivity index (χ2n) is 6.75. The van der Waals surface area contributed by atoms with Gasteiger partial charge in [0.05, 0.1) is 13.2 Å². The Balaban J connectivity index is 1.50. The van der Waals surface area contributed by atoms with Crippen molar-refractivity contribution < 1.29 is 13.2 Å². The van der Waals surface area contributed by atoms with E-state index in [2.05, 4.69) is 14.2 Å². The SMILES string of the molecule is O=S1(=O)N=C(N2CCCC(CN3CCOCC3)C2)c2ccccc21. The predicted molar refractivity (Wildman–Crippen MR) is 91.7 cm³/mol. The van der Waals surface area contributed by atoms with Gasteiger partial charge in [0.25, 0.3) is 10.0 Å². The third-order valence-electron chi connectivity index (χ3n) is 5.05. The van der Waals surface area contributed by atoms with Crippen LogP contribution in [0.25, 0.3) is 0 Å². The Morgan fingerprint density at radius 2 is 1.96 bits per heavy atom. The molecule has 1 aromatic rings. The second kappa shape index (κ2) is 6.46. The molecular formula is C17H23N3O3S. The molecule has 0 saturated carbocycles. The van der Waals surface area contributed by atoms with Crippen LogP contribution in [0.15, 0.2) is 33.6 Å². The van der Waals surface area contributed by atoms with Crippen molar-refractivity contribution in [3.8, 4) is 0 Å². The third-order valence-corrected chi connectivity index (χ3v) is 6.38. The lowest BCUT2D eigenvalue weighted by Gasteiger charge is -2.37. The molecule has 0 bridgehead atoms. The number of sulfonamides is 1. The van der Waals surface area contributed by atoms with Gasteiger partial charge >= 0.3 is 0 Å². The number of amidine groups is 1. The molecule has 0 amide bonds. The van der Waals surface area contributed by atoms with Crippen LogP contribution >= 0.6 is 0 Å². The van der Waals surface area contributed by atoms with Gasteiger partial charge in [-0.3, -0.25) is 4.90 Å². The number of benzene rings is 1. The zero-order chi connectivity index (χ0) is 16.6. The van der Waals surface area contributed by atoms with Crippen LogP contribution in [-0.4, -0.2) is 70.0 Å². The molecule has 24 heavy (non-hydrogen) atoms. The first-order valence-electron chi connectivity index (χ1n) is 8.63. The molecule has 4 rings (SSSR count). The Morgan fingerprint density at radius 1 is 1.17 bits per heavy atom. The summed E-state index contributed by atoms with van der Waals surface area (Å²) in [7, 11) is -3.53. The summed E-state index contributed by atoms with van der Waals surface area (Å²) in [4.78, 5) is 4.96. The van der Waals surface area contributed by atoms with Crippen molar-refractivity contribution in [1.29, 1.82) is 0 Å². The highest BCUT2D eigenvalue weighted by atomic mass is 32.2. The number of hydrogen-bond donors (Lipinski definition) is 0. The Labute approximate surface area is 143 Å². The number of morpholine rings is 1. The number of piperidine rings is 1. The van der Waals surface area contributed by atoms with Crippen LogP contribution in [0.3, 0.4) is 0 Å². The molecule has 7 heteroatoms. The molecule has 3 aliphatic heterocycles. The summed E-state index contributed by atoms with van der Waals surface area (Å²) in [6.45, 7) is 6.43. The van der Waals surface area contributed by atoms with Crippen molar-refractivity contribution >= 4 is 15.9 Å². The number of likely N-dealkylation sites (tertiary alicyclic amines) is 1. The molecule has 0 radical (unpaired) electrons. The fraction of sp³-hybridized carbons (Fsp3) is 0.588. The molecule has 1 unspecified atom stereocenters. The fourth-order valence-electron chi connectivity index (χ4n) is 3.87.